The molecule has 3 nitrogen and oxygen atoms in total. The second-order valence-electron chi connectivity index (χ2n) is 5.57. The monoisotopic (exact) mass is 273 g/mol. The smallest absolute Gasteiger partial charge is 0.191 e. The van der Waals surface area contributed by atoms with Crippen molar-refractivity contribution < 1.29 is 0 Å². The van der Waals surface area contributed by atoms with Crippen LogP contribution in [0.2, 0.25) is 0 Å². The molecule has 0 heterocycles. The number of benzene rings is 1. The van der Waals surface area contributed by atoms with Gasteiger partial charge in [-0.3, -0.25) is 4.99 Å². The lowest BCUT2D eigenvalue weighted by Crippen LogP contribution is -2.44. The highest BCUT2D eigenvalue weighted by atomic mass is 15.2. The largest absolute Gasteiger partial charge is 0.356 e. The predicted molar refractivity (Wildman–Crippen MR) is 86.1 cm³/mol. The first-order valence-corrected chi connectivity index (χ1v) is 7.89. The van der Waals surface area contributed by atoms with Crippen molar-refractivity contribution in [2.75, 3.05) is 13.6 Å². The number of aryl methyl sites for hydroxylation is 1. The molecule has 0 spiro atoms. The molecule has 2 N–H and O–H groups in total. The van der Waals surface area contributed by atoms with Gasteiger partial charge in [-0.2, -0.15) is 0 Å². The van der Waals surface area contributed by atoms with Crippen LogP contribution in [0.5, 0.6) is 0 Å². The van der Waals surface area contributed by atoms with Crippen LogP contribution in [0.3, 0.4) is 0 Å². The van der Waals surface area contributed by atoms with E-state index in [0.29, 0.717) is 6.04 Å². The van der Waals surface area contributed by atoms with Crippen LogP contribution in [0.1, 0.15) is 44.1 Å². The Kier molecular flexibility index (Phi) is 6.42. The van der Waals surface area contributed by atoms with Crippen molar-refractivity contribution in [3.8, 4) is 0 Å². The van der Waals surface area contributed by atoms with Crippen molar-refractivity contribution in [3.63, 3.8) is 0 Å². The predicted octanol–water partition coefficient (Wildman–Crippen LogP) is 3.12. The van der Waals surface area contributed by atoms with Crippen LogP contribution in [0.4, 0.5) is 0 Å². The first kappa shape index (κ1) is 14.9. The summed E-state index contributed by atoms with van der Waals surface area (Å²) in [5, 5.41) is 6.97. The Morgan fingerprint density at radius 1 is 1.15 bits per heavy atom. The van der Waals surface area contributed by atoms with Crippen LogP contribution in [0, 0.1) is 0 Å². The molecule has 3 heteroatoms. The number of aliphatic imine (C=N–C) groups is 1. The third-order valence-corrected chi connectivity index (χ3v) is 3.95. The fourth-order valence-corrected chi connectivity index (χ4v) is 2.78. The summed E-state index contributed by atoms with van der Waals surface area (Å²) in [7, 11) is 1.86. The third-order valence-electron chi connectivity index (χ3n) is 3.95. The van der Waals surface area contributed by atoms with Crippen molar-refractivity contribution in [2.24, 2.45) is 4.99 Å². The highest BCUT2D eigenvalue weighted by molar-refractivity contribution is 5.79. The molecule has 1 aliphatic carbocycles. The molecular formula is C17H27N3. The van der Waals surface area contributed by atoms with Crippen molar-refractivity contribution >= 4 is 5.96 Å². The molecule has 20 heavy (non-hydrogen) atoms. The lowest BCUT2D eigenvalue weighted by Gasteiger charge is -2.24. The van der Waals surface area contributed by atoms with Gasteiger partial charge >= 0.3 is 0 Å². The van der Waals surface area contributed by atoms with Gasteiger partial charge in [-0.15, -0.1) is 0 Å². The molecule has 0 bridgehead atoms. The normalized spacial score (nSPS) is 16.9. The van der Waals surface area contributed by atoms with Crippen LogP contribution < -0.4 is 10.6 Å². The molecule has 0 amide bonds. The molecule has 1 fully saturated rings. The number of rotatable bonds is 5. The zero-order chi connectivity index (χ0) is 14.0. The second-order valence-corrected chi connectivity index (χ2v) is 5.57. The van der Waals surface area contributed by atoms with Gasteiger partial charge in [0.15, 0.2) is 5.96 Å². The molecule has 0 atom stereocenters. The van der Waals surface area contributed by atoms with E-state index in [1.165, 1.54) is 37.7 Å². The van der Waals surface area contributed by atoms with E-state index in [0.717, 1.165) is 25.3 Å². The Morgan fingerprint density at radius 2 is 1.90 bits per heavy atom. The molecule has 1 aromatic rings. The number of nitrogens with zero attached hydrogens (tertiary/aromatic N) is 1. The zero-order valence-electron chi connectivity index (χ0n) is 12.6. The molecule has 1 aliphatic rings. The Balaban J connectivity index is 1.63. The van der Waals surface area contributed by atoms with Crippen molar-refractivity contribution in [2.45, 2.75) is 51.0 Å². The molecule has 0 radical (unpaired) electrons. The van der Waals surface area contributed by atoms with E-state index in [-0.39, 0.29) is 0 Å². The van der Waals surface area contributed by atoms with Crippen molar-refractivity contribution in [3.05, 3.63) is 35.9 Å². The zero-order valence-corrected chi connectivity index (χ0v) is 12.6. The van der Waals surface area contributed by atoms with Crippen LogP contribution >= 0.6 is 0 Å². The van der Waals surface area contributed by atoms with E-state index >= 15 is 0 Å². The number of hydrogen-bond acceptors (Lipinski definition) is 1. The minimum absolute atomic E-state index is 0.615. The summed E-state index contributed by atoms with van der Waals surface area (Å²) in [5.41, 5.74) is 1.41. The molecule has 110 valence electrons. The van der Waals surface area contributed by atoms with Gasteiger partial charge in [-0.05, 0) is 31.2 Å². The average molecular weight is 273 g/mol. The maximum atomic E-state index is 4.32. The van der Waals surface area contributed by atoms with E-state index in [1.807, 2.05) is 7.05 Å². The molecule has 2 rings (SSSR count). The Labute approximate surface area is 122 Å². The van der Waals surface area contributed by atoms with Gasteiger partial charge in [0.25, 0.3) is 0 Å². The fourth-order valence-electron chi connectivity index (χ4n) is 2.78. The minimum Gasteiger partial charge on any atom is -0.356 e. The van der Waals surface area contributed by atoms with Gasteiger partial charge in [0.05, 0.1) is 0 Å². The molecular weight excluding hydrogens is 246 g/mol. The van der Waals surface area contributed by atoms with Gasteiger partial charge in [0, 0.05) is 19.6 Å². The van der Waals surface area contributed by atoms with E-state index < -0.39 is 0 Å². The molecule has 1 aromatic carbocycles. The van der Waals surface area contributed by atoms with E-state index in [2.05, 4.69) is 46.0 Å². The summed E-state index contributed by atoms with van der Waals surface area (Å²) < 4.78 is 0. The number of hydrogen-bond donors (Lipinski definition) is 2. The topological polar surface area (TPSA) is 36.4 Å². The summed E-state index contributed by atoms with van der Waals surface area (Å²) in [6.45, 7) is 0.973. The fraction of sp³-hybridized carbons (Fsp3) is 0.588. The van der Waals surface area contributed by atoms with Crippen molar-refractivity contribution in [1.29, 1.82) is 0 Å². The van der Waals surface area contributed by atoms with Crippen LogP contribution in [-0.4, -0.2) is 25.6 Å². The Bertz CT molecular complexity index is 394. The maximum Gasteiger partial charge on any atom is 0.191 e. The van der Waals surface area contributed by atoms with E-state index in [1.54, 1.807) is 0 Å². The van der Waals surface area contributed by atoms with Crippen LogP contribution in [0.25, 0.3) is 0 Å². The number of nitrogens with one attached hydrogen (secondary N) is 2. The highest BCUT2D eigenvalue weighted by Gasteiger charge is 2.13. The quantitative estimate of drug-likeness (QED) is 0.491. The Hall–Kier alpha value is -1.51. The average Bonchev–Trinajstić information content (AvgIpc) is 2.52. The van der Waals surface area contributed by atoms with Gasteiger partial charge in [0.1, 0.15) is 0 Å². The van der Waals surface area contributed by atoms with Crippen LogP contribution in [-0.2, 0) is 6.42 Å². The van der Waals surface area contributed by atoms with Gasteiger partial charge < -0.3 is 10.6 Å². The summed E-state index contributed by atoms with van der Waals surface area (Å²) in [6, 6.07) is 11.3. The summed E-state index contributed by atoms with van der Waals surface area (Å²) in [5.74, 6) is 0.963. The SMILES string of the molecule is CN=C(NCCCc1ccccc1)NC1CCCCC1. The Morgan fingerprint density at radius 3 is 2.60 bits per heavy atom. The minimum atomic E-state index is 0.615. The van der Waals surface area contributed by atoms with E-state index in [4.69, 9.17) is 0 Å². The number of guanidine groups is 1. The summed E-state index contributed by atoms with van der Waals surface area (Å²) in [6.07, 6.45) is 8.91. The summed E-state index contributed by atoms with van der Waals surface area (Å²) in [4.78, 5) is 4.32. The van der Waals surface area contributed by atoms with Gasteiger partial charge in [-0.1, -0.05) is 49.6 Å². The van der Waals surface area contributed by atoms with Crippen molar-refractivity contribution in [1.82, 2.24) is 10.6 Å². The molecule has 0 unspecified atom stereocenters. The molecule has 0 aliphatic heterocycles. The molecule has 1 saturated carbocycles. The maximum absolute atomic E-state index is 4.32. The lowest BCUT2D eigenvalue weighted by atomic mass is 9.96. The first-order valence-electron chi connectivity index (χ1n) is 7.89. The first-order chi connectivity index (χ1) is 9.88. The third kappa shape index (κ3) is 5.24. The highest BCUT2D eigenvalue weighted by Crippen LogP contribution is 2.17. The standard InChI is InChI=1S/C17H27N3/c1-18-17(20-16-12-6-3-7-13-16)19-14-8-11-15-9-4-2-5-10-15/h2,4-5,9-10,16H,3,6-8,11-14H2,1H3,(H2,18,19,20). The second kappa shape index (κ2) is 8.62. The van der Waals surface area contributed by atoms with Crippen LogP contribution in [0.15, 0.2) is 35.3 Å². The van der Waals surface area contributed by atoms with Gasteiger partial charge in [0.2, 0.25) is 0 Å². The molecule has 0 saturated heterocycles. The van der Waals surface area contributed by atoms with E-state index in [9.17, 15) is 0 Å². The summed E-state index contributed by atoms with van der Waals surface area (Å²) >= 11 is 0. The lowest BCUT2D eigenvalue weighted by molar-refractivity contribution is 0.410. The molecule has 0 aromatic heterocycles. The van der Waals surface area contributed by atoms with Gasteiger partial charge in [-0.25, -0.2) is 0 Å².